The highest BCUT2D eigenvalue weighted by Crippen LogP contribution is 2.35. The molecule has 4 aromatic heterocycles. The van der Waals surface area contributed by atoms with Crippen molar-refractivity contribution in [1.29, 1.82) is 0 Å². The summed E-state index contributed by atoms with van der Waals surface area (Å²) in [5.74, 6) is -0.450. The Kier molecular flexibility index (Phi) is 8.55. The first-order valence-corrected chi connectivity index (χ1v) is 12.4. The molecule has 0 aromatic carbocycles. The first-order valence-electron chi connectivity index (χ1n) is 11.2. The Labute approximate surface area is 227 Å². The number of hydrogen-bond donors (Lipinski definition) is 5. The first kappa shape index (κ1) is 27.7. The zero-order valence-corrected chi connectivity index (χ0v) is 21.6. The molecule has 0 spiro atoms. The summed E-state index contributed by atoms with van der Waals surface area (Å²) < 4.78 is 39.2. The third-order valence-electron chi connectivity index (χ3n) is 4.99. The number of H-pyrrole nitrogens is 1. The Morgan fingerprint density at radius 1 is 1.03 bits per heavy atom. The molecule has 0 fully saturated rings. The minimum atomic E-state index is -4.71. The van der Waals surface area contributed by atoms with Gasteiger partial charge in [0, 0.05) is 37.7 Å². The van der Waals surface area contributed by atoms with E-state index in [9.17, 15) is 22.8 Å². The Hall–Kier alpha value is -4.31. The van der Waals surface area contributed by atoms with Crippen molar-refractivity contribution in [3.8, 4) is 0 Å². The van der Waals surface area contributed by atoms with Crippen LogP contribution in [0, 0.1) is 0 Å². The number of rotatable bonds is 10. The Morgan fingerprint density at radius 2 is 1.82 bits per heavy atom. The van der Waals surface area contributed by atoms with Crippen molar-refractivity contribution in [1.82, 2.24) is 35.2 Å². The third-order valence-corrected chi connectivity index (χ3v) is 6.47. The van der Waals surface area contributed by atoms with Crippen molar-refractivity contribution in [3.05, 3.63) is 69.4 Å². The number of imidazole rings is 1. The van der Waals surface area contributed by atoms with Gasteiger partial charge in [-0.15, -0.1) is 11.3 Å². The van der Waals surface area contributed by atoms with Crippen LogP contribution < -0.4 is 21.3 Å². The molecule has 0 radical (unpaired) electrons. The lowest BCUT2D eigenvalue weighted by Crippen LogP contribution is -2.27. The van der Waals surface area contributed by atoms with E-state index in [-0.39, 0.29) is 16.4 Å². The van der Waals surface area contributed by atoms with Crippen molar-refractivity contribution in [2.75, 3.05) is 29.0 Å². The number of pyridine rings is 1. The van der Waals surface area contributed by atoms with Crippen LogP contribution in [0.1, 0.15) is 43.7 Å². The van der Waals surface area contributed by atoms with Gasteiger partial charge in [-0.25, -0.2) is 24.9 Å². The molecule has 0 aliphatic carbocycles. The maximum atomic E-state index is 13.1. The fourth-order valence-electron chi connectivity index (χ4n) is 3.14. The predicted octanol–water partition coefficient (Wildman–Crippen LogP) is 3.99. The average Bonchev–Trinajstić information content (AvgIpc) is 3.60. The van der Waals surface area contributed by atoms with E-state index in [0.29, 0.717) is 35.9 Å². The van der Waals surface area contributed by atoms with Gasteiger partial charge in [0.15, 0.2) is 5.95 Å². The molecule has 1 atom stereocenters. The molecule has 1 unspecified atom stereocenters. The van der Waals surface area contributed by atoms with Crippen LogP contribution in [0.3, 0.4) is 0 Å². The van der Waals surface area contributed by atoms with E-state index in [0.717, 1.165) is 17.5 Å². The summed E-state index contributed by atoms with van der Waals surface area (Å²) >= 11 is 6.52. The number of amides is 2. The lowest BCUT2D eigenvalue weighted by molar-refractivity contribution is -0.137. The second kappa shape index (κ2) is 12.0. The van der Waals surface area contributed by atoms with Crippen LogP contribution in [0.15, 0.2) is 43.2 Å². The highest BCUT2D eigenvalue weighted by atomic mass is 35.5. The summed E-state index contributed by atoms with van der Waals surface area (Å²) in [6.07, 6.45) is 1.93. The number of nitrogens with zero attached hydrogens (tertiary/aromatic N) is 5. The molecule has 0 saturated carbocycles. The van der Waals surface area contributed by atoms with Crippen LogP contribution in [-0.4, -0.2) is 54.8 Å². The van der Waals surface area contributed by atoms with Gasteiger partial charge in [-0.3, -0.25) is 9.59 Å². The third kappa shape index (κ3) is 7.38. The largest absolute Gasteiger partial charge is 0.418 e. The highest BCUT2D eigenvalue weighted by Gasteiger charge is 2.34. The van der Waals surface area contributed by atoms with E-state index in [4.69, 9.17) is 11.6 Å². The zero-order valence-electron chi connectivity index (χ0n) is 20.0. The normalized spacial score (nSPS) is 12.0. The number of carbonyl (C=O) groups is 2. The molecule has 204 valence electrons. The molecule has 0 bridgehead atoms. The van der Waals surface area contributed by atoms with Gasteiger partial charge in [0.05, 0.1) is 22.8 Å². The second-order valence-corrected chi connectivity index (χ2v) is 9.31. The minimum Gasteiger partial charge on any atom is -0.368 e. The summed E-state index contributed by atoms with van der Waals surface area (Å²) in [6, 6.07) is 1.54. The van der Waals surface area contributed by atoms with Crippen LogP contribution in [0.5, 0.6) is 0 Å². The van der Waals surface area contributed by atoms with Gasteiger partial charge in [-0.05, 0) is 13.0 Å². The number of aromatic amines is 1. The van der Waals surface area contributed by atoms with Crippen LogP contribution >= 0.6 is 22.9 Å². The molecule has 0 saturated heterocycles. The summed E-state index contributed by atoms with van der Waals surface area (Å²) in [5.41, 5.74) is -1.01. The summed E-state index contributed by atoms with van der Waals surface area (Å²) in [5, 5.41) is 11.0. The minimum absolute atomic E-state index is 0.105. The van der Waals surface area contributed by atoms with Crippen molar-refractivity contribution in [2.45, 2.75) is 19.1 Å². The second-order valence-electron chi connectivity index (χ2n) is 7.84. The quantitative estimate of drug-likeness (QED) is 0.175. The predicted molar refractivity (Wildman–Crippen MR) is 138 cm³/mol. The van der Waals surface area contributed by atoms with Gasteiger partial charge in [0.1, 0.15) is 33.5 Å². The number of halogens is 4. The Balaban J connectivity index is 1.32. The topological polar surface area (TPSA) is 162 Å². The zero-order chi connectivity index (χ0) is 28.0. The number of thiazole rings is 1. The van der Waals surface area contributed by atoms with Gasteiger partial charge in [0.25, 0.3) is 11.8 Å². The SMILES string of the molecule is CC(NC(=O)c1cc(NCCNc2ncc[nH]2)ncn1)c1ncc(C(=O)Nc2cc(C(F)(F)F)c(Cl)cn2)s1. The highest BCUT2D eigenvalue weighted by molar-refractivity contribution is 7.13. The van der Waals surface area contributed by atoms with Crippen molar-refractivity contribution in [3.63, 3.8) is 0 Å². The van der Waals surface area contributed by atoms with E-state index >= 15 is 0 Å². The van der Waals surface area contributed by atoms with E-state index in [2.05, 4.69) is 51.2 Å². The van der Waals surface area contributed by atoms with Crippen molar-refractivity contribution < 1.29 is 22.8 Å². The van der Waals surface area contributed by atoms with Gasteiger partial charge < -0.3 is 26.3 Å². The molecule has 4 heterocycles. The molecule has 17 heteroatoms. The van der Waals surface area contributed by atoms with Crippen LogP contribution in [0.4, 0.5) is 30.8 Å². The van der Waals surface area contributed by atoms with Gasteiger partial charge in [-0.1, -0.05) is 11.6 Å². The summed E-state index contributed by atoms with van der Waals surface area (Å²) in [4.78, 5) is 48.3. The summed E-state index contributed by atoms with van der Waals surface area (Å²) in [7, 11) is 0. The van der Waals surface area contributed by atoms with Crippen LogP contribution in [0.25, 0.3) is 0 Å². The van der Waals surface area contributed by atoms with E-state index < -0.39 is 34.6 Å². The number of carbonyl (C=O) groups excluding carboxylic acids is 2. The van der Waals surface area contributed by atoms with Gasteiger partial charge in [-0.2, -0.15) is 13.2 Å². The molecule has 4 aromatic rings. The average molecular weight is 581 g/mol. The number of nitrogens with one attached hydrogen (secondary N) is 5. The smallest absolute Gasteiger partial charge is 0.368 e. The first-order chi connectivity index (χ1) is 18.6. The maximum Gasteiger partial charge on any atom is 0.418 e. The maximum absolute atomic E-state index is 13.1. The molecule has 4 rings (SSSR count). The van der Waals surface area contributed by atoms with E-state index in [1.807, 2.05) is 0 Å². The molecule has 39 heavy (non-hydrogen) atoms. The standard InChI is InChI=1S/C22H20ClF3N10O2S/c1-11(35-18(37)14-7-16(34-10-33-14)27-2-3-28-21-29-4-5-30-21)20-32-9-15(39-20)19(38)36-17-6-12(22(24,25)26)13(23)8-31-17/h4-11H,2-3H2,1H3,(H,35,37)(H,27,33,34)(H2,28,29,30)(H,31,36,38). The lowest BCUT2D eigenvalue weighted by Gasteiger charge is -2.12. The number of hydrogen-bond acceptors (Lipinski definition) is 10. The van der Waals surface area contributed by atoms with E-state index in [1.54, 1.807) is 19.3 Å². The number of alkyl halides is 3. The Morgan fingerprint density at radius 3 is 2.56 bits per heavy atom. The molecule has 2 amide bonds. The molecule has 5 N–H and O–H groups in total. The van der Waals surface area contributed by atoms with Crippen molar-refractivity contribution >= 4 is 52.3 Å². The fraction of sp³-hybridized carbons (Fsp3) is 0.227. The number of aromatic nitrogens is 6. The molecule has 0 aliphatic heterocycles. The fourth-order valence-corrected chi connectivity index (χ4v) is 4.16. The van der Waals surface area contributed by atoms with Crippen LogP contribution in [-0.2, 0) is 6.18 Å². The molecule has 0 aliphatic rings. The summed E-state index contributed by atoms with van der Waals surface area (Å²) in [6.45, 7) is 2.71. The van der Waals surface area contributed by atoms with E-state index in [1.165, 1.54) is 18.6 Å². The molecule has 12 nitrogen and oxygen atoms in total. The molecular weight excluding hydrogens is 561 g/mol. The van der Waals surface area contributed by atoms with Gasteiger partial charge >= 0.3 is 6.18 Å². The van der Waals surface area contributed by atoms with Crippen molar-refractivity contribution in [2.24, 2.45) is 0 Å². The monoisotopic (exact) mass is 580 g/mol. The lowest BCUT2D eigenvalue weighted by atomic mass is 10.2. The van der Waals surface area contributed by atoms with Gasteiger partial charge in [0.2, 0.25) is 0 Å². The number of anilines is 3. The Bertz CT molecular complexity index is 1450. The molecular formula is C22H20ClF3N10O2S. The van der Waals surface area contributed by atoms with Crippen LogP contribution in [0.2, 0.25) is 5.02 Å².